The molecule has 1 saturated heterocycles. The first-order valence-electron chi connectivity index (χ1n) is 7.11. The monoisotopic (exact) mass is 311 g/mol. The van der Waals surface area contributed by atoms with Crippen LogP contribution in [0.5, 0.6) is 0 Å². The number of anilines is 1. The zero-order valence-corrected chi connectivity index (χ0v) is 13.4. The van der Waals surface area contributed by atoms with Gasteiger partial charge in [-0.1, -0.05) is 0 Å². The van der Waals surface area contributed by atoms with Crippen LogP contribution in [0.1, 0.15) is 49.2 Å². The predicted molar refractivity (Wildman–Crippen MR) is 81.2 cm³/mol. The van der Waals surface area contributed by atoms with Crippen molar-refractivity contribution in [2.24, 2.45) is 0 Å². The quantitative estimate of drug-likeness (QED) is 0.863. The number of hydrogen-bond donors (Lipinski definition) is 1. The van der Waals surface area contributed by atoms with Crippen molar-refractivity contribution in [1.82, 2.24) is 9.27 Å². The summed E-state index contributed by atoms with van der Waals surface area (Å²) in [6, 6.07) is 0.379. The number of carbonyl (C=O) groups is 2. The molecule has 1 aliphatic heterocycles. The number of hydrogen-bond acceptors (Lipinski definition) is 6. The molecule has 1 aromatic rings. The van der Waals surface area contributed by atoms with Crippen LogP contribution in [-0.4, -0.2) is 39.8 Å². The van der Waals surface area contributed by atoms with Gasteiger partial charge < -0.3 is 15.4 Å². The Morgan fingerprint density at radius 1 is 1.38 bits per heavy atom. The topological polar surface area (TPSA) is 85.5 Å². The molecule has 0 aromatic carbocycles. The van der Waals surface area contributed by atoms with Crippen molar-refractivity contribution in [2.75, 3.05) is 12.3 Å². The van der Waals surface area contributed by atoms with E-state index >= 15 is 0 Å². The first kappa shape index (κ1) is 15.8. The fraction of sp³-hybridized carbons (Fsp3) is 0.643. The fourth-order valence-corrected chi connectivity index (χ4v) is 3.47. The van der Waals surface area contributed by atoms with Crippen LogP contribution in [0.4, 0.5) is 5.00 Å². The Kier molecular flexibility index (Phi) is 4.82. The van der Waals surface area contributed by atoms with E-state index in [-0.39, 0.29) is 30.2 Å². The summed E-state index contributed by atoms with van der Waals surface area (Å²) in [6.07, 6.45) is 3.11. The summed E-state index contributed by atoms with van der Waals surface area (Å²) >= 11 is 1.05. The molecule has 1 aliphatic rings. The number of esters is 1. The van der Waals surface area contributed by atoms with Gasteiger partial charge in [-0.2, -0.15) is 4.37 Å². The number of aryl methyl sites for hydroxylation is 1. The molecule has 21 heavy (non-hydrogen) atoms. The van der Waals surface area contributed by atoms with Crippen LogP contribution in [0, 0.1) is 6.92 Å². The van der Waals surface area contributed by atoms with Gasteiger partial charge >= 0.3 is 5.97 Å². The summed E-state index contributed by atoms with van der Waals surface area (Å²) < 4.78 is 9.12. The van der Waals surface area contributed by atoms with Crippen molar-refractivity contribution in [3.05, 3.63) is 11.3 Å². The summed E-state index contributed by atoms with van der Waals surface area (Å²) in [5.74, 6) is -0.730. The van der Waals surface area contributed by atoms with E-state index in [9.17, 15) is 9.59 Å². The van der Waals surface area contributed by atoms with E-state index in [1.807, 2.05) is 18.7 Å². The molecule has 0 bridgehead atoms. The van der Waals surface area contributed by atoms with E-state index in [1.165, 1.54) is 0 Å². The molecule has 0 aliphatic carbocycles. The van der Waals surface area contributed by atoms with Gasteiger partial charge in [0.2, 0.25) is 0 Å². The third-order valence-corrected chi connectivity index (χ3v) is 4.67. The van der Waals surface area contributed by atoms with Crippen LogP contribution in [0.15, 0.2) is 0 Å². The number of ether oxygens (including phenoxy) is 1. The SMILES string of the molecule is Cc1nsc(N)c1C(=O)OCC(=O)N1[C@@H](C)CCC[C@@H]1C. The highest BCUT2D eigenvalue weighted by Crippen LogP contribution is 2.24. The number of piperidine rings is 1. The molecule has 116 valence electrons. The average Bonchev–Trinajstić information content (AvgIpc) is 2.75. The Labute approximate surface area is 128 Å². The summed E-state index contributed by atoms with van der Waals surface area (Å²) in [6.45, 7) is 5.50. The number of rotatable bonds is 3. The van der Waals surface area contributed by atoms with Crippen molar-refractivity contribution >= 4 is 28.4 Å². The summed E-state index contributed by atoms with van der Waals surface area (Å²) in [4.78, 5) is 26.1. The molecular weight excluding hydrogens is 290 g/mol. The van der Waals surface area contributed by atoms with Gasteiger partial charge in [0.05, 0.1) is 5.69 Å². The maximum Gasteiger partial charge on any atom is 0.343 e. The molecule has 1 fully saturated rings. The van der Waals surface area contributed by atoms with Gasteiger partial charge in [-0.05, 0) is 51.6 Å². The third kappa shape index (κ3) is 3.34. The molecule has 2 atom stereocenters. The van der Waals surface area contributed by atoms with E-state index in [1.54, 1.807) is 6.92 Å². The number of aromatic nitrogens is 1. The Balaban J connectivity index is 1.96. The van der Waals surface area contributed by atoms with Crippen LogP contribution in [0.3, 0.4) is 0 Å². The molecule has 2 heterocycles. The second-order valence-corrected chi connectivity index (χ2v) is 6.32. The molecule has 1 amide bonds. The van der Waals surface area contributed by atoms with E-state index < -0.39 is 5.97 Å². The number of amides is 1. The zero-order valence-electron chi connectivity index (χ0n) is 12.6. The van der Waals surface area contributed by atoms with Crippen molar-refractivity contribution < 1.29 is 14.3 Å². The van der Waals surface area contributed by atoms with Gasteiger partial charge in [-0.25, -0.2) is 4.79 Å². The average molecular weight is 311 g/mol. The van der Waals surface area contributed by atoms with Crippen LogP contribution < -0.4 is 5.73 Å². The number of likely N-dealkylation sites (tertiary alicyclic amines) is 1. The van der Waals surface area contributed by atoms with Crippen molar-refractivity contribution in [3.8, 4) is 0 Å². The first-order chi connectivity index (χ1) is 9.91. The number of nitrogens with zero attached hydrogens (tertiary/aromatic N) is 2. The number of carbonyl (C=O) groups excluding carboxylic acids is 2. The van der Waals surface area contributed by atoms with Crippen LogP contribution >= 0.6 is 11.5 Å². The van der Waals surface area contributed by atoms with Gasteiger partial charge in [0, 0.05) is 12.1 Å². The molecule has 0 unspecified atom stereocenters. The minimum Gasteiger partial charge on any atom is -0.452 e. The van der Waals surface area contributed by atoms with Crippen LogP contribution in [0.2, 0.25) is 0 Å². The second kappa shape index (κ2) is 6.43. The minimum atomic E-state index is -0.579. The largest absolute Gasteiger partial charge is 0.452 e. The highest BCUT2D eigenvalue weighted by Gasteiger charge is 2.29. The molecule has 7 heteroatoms. The van der Waals surface area contributed by atoms with Gasteiger partial charge in [0.25, 0.3) is 5.91 Å². The second-order valence-electron chi connectivity index (χ2n) is 5.51. The van der Waals surface area contributed by atoms with Crippen molar-refractivity contribution in [3.63, 3.8) is 0 Å². The first-order valence-corrected chi connectivity index (χ1v) is 7.89. The standard InChI is InChI=1S/C14H21N3O3S/c1-8-5-4-6-9(2)17(8)11(18)7-20-14(19)12-10(3)16-21-13(12)15/h8-9H,4-7,15H2,1-3H3/t8-,9-/m0/s1. The lowest BCUT2D eigenvalue weighted by Crippen LogP contribution is -2.49. The normalized spacial score (nSPS) is 22.1. The van der Waals surface area contributed by atoms with Crippen molar-refractivity contribution in [2.45, 2.75) is 52.1 Å². The summed E-state index contributed by atoms with van der Waals surface area (Å²) in [7, 11) is 0. The predicted octanol–water partition coefficient (Wildman–Crippen LogP) is 1.98. The van der Waals surface area contributed by atoms with E-state index in [4.69, 9.17) is 10.5 Å². The Hall–Kier alpha value is -1.63. The molecule has 6 nitrogen and oxygen atoms in total. The highest BCUT2D eigenvalue weighted by atomic mass is 32.1. The van der Waals surface area contributed by atoms with Crippen molar-refractivity contribution in [1.29, 1.82) is 0 Å². The van der Waals surface area contributed by atoms with E-state index in [0.29, 0.717) is 10.7 Å². The number of nitrogens with two attached hydrogens (primary N) is 1. The van der Waals surface area contributed by atoms with E-state index in [2.05, 4.69) is 4.37 Å². The Morgan fingerprint density at radius 3 is 2.52 bits per heavy atom. The van der Waals surface area contributed by atoms with Gasteiger partial charge in [-0.3, -0.25) is 4.79 Å². The maximum atomic E-state index is 12.3. The van der Waals surface area contributed by atoms with Crippen LogP contribution in [0.25, 0.3) is 0 Å². The molecule has 1 aromatic heterocycles. The van der Waals surface area contributed by atoms with Crippen LogP contribution in [-0.2, 0) is 9.53 Å². The molecule has 2 rings (SSSR count). The smallest absolute Gasteiger partial charge is 0.343 e. The van der Waals surface area contributed by atoms with Gasteiger partial charge in [0.15, 0.2) is 6.61 Å². The molecule has 0 radical (unpaired) electrons. The zero-order chi connectivity index (χ0) is 15.6. The lowest BCUT2D eigenvalue weighted by Gasteiger charge is -2.38. The Morgan fingerprint density at radius 2 is 2.00 bits per heavy atom. The Bertz CT molecular complexity index is 514. The lowest BCUT2D eigenvalue weighted by molar-refractivity contribution is -0.140. The maximum absolute atomic E-state index is 12.3. The van der Waals surface area contributed by atoms with Gasteiger partial charge in [0.1, 0.15) is 10.6 Å². The molecular formula is C14H21N3O3S. The minimum absolute atomic E-state index is 0.150. The number of nitrogen functional groups attached to an aromatic ring is 1. The van der Waals surface area contributed by atoms with E-state index in [0.717, 1.165) is 30.8 Å². The summed E-state index contributed by atoms with van der Waals surface area (Å²) in [5, 5.41) is 0.324. The lowest BCUT2D eigenvalue weighted by atomic mass is 9.97. The fourth-order valence-electron chi connectivity index (χ4n) is 2.82. The summed E-state index contributed by atoms with van der Waals surface area (Å²) in [5.41, 5.74) is 6.50. The third-order valence-electron chi connectivity index (χ3n) is 3.90. The molecule has 0 spiro atoms. The highest BCUT2D eigenvalue weighted by molar-refractivity contribution is 7.10. The molecule has 0 saturated carbocycles. The van der Waals surface area contributed by atoms with Gasteiger partial charge in [-0.15, -0.1) is 0 Å². The molecule has 2 N–H and O–H groups in total.